The van der Waals surface area contributed by atoms with Crippen LogP contribution in [0.25, 0.3) is 0 Å². The molecule has 2 aliphatic rings. The summed E-state index contributed by atoms with van der Waals surface area (Å²) >= 11 is 0. The van der Waals surface area contributed by atoms with Crippen LogP contribution in [0, 0.1) is 5.92 Å². The maximum absolute atomic E-state index is 12.9. The van der Waals surface area contributed by atoms with Gasteiger partial charge in [-0.1, -0.05) is 30.3 Å². The van der Waals surface area contributed by atoms with Crippen molar-refractivity contribution >= 4 is 5.91 Å². The van der Waals surface area contributed by atoms with E-state index in [2.05, 4.69) is 34.3 Å². The molecule has 4 nitrogen and oxygen atoms in total. The largest absolute Gasteiger partial charge is 0.335 e. The Kier molecular flexibility index (Phi) is 3.25. The zero-order valence-corrected chi connectivity index (χ0v) is 12.9. The fourth-order valence-electron chi connectivity index (χ4n) is 3.74. The SMILES string of the molecule is Cn1cc([C@@H]2CCCN2C(=O)[C@H]2C[C@@H]2c2ccccc2)cn1. The van der Waals surface area contributed by atoms with Crippen molar-refractivity contribution in [1.29, 1.82) is 0 Å². The number of amides is 1. The van der Waals surface area contributed by atoms with Crippen LogP contribution in [0.1, 0.15) is 42.3 Å². The summed E-state index contributed by atoms with van der Waals surface area (Å²) in [6.45, 7) is 0.885. The molecule has 4 heteroatoms. The molecule has 1 saturated carbocycles. The van der Waals surface area contributed by atoms with Crippen molar-refractivity contribution in [2.45, 2.75) is 31.2 Å². The summed E-state index contributed by atoms with van der Waals surface area (Å²) in [5.74, 6) is 0.934. The minimum absolute atomic E-state index is 0.180. The predicted octanol–water partition coefficient (Wildman–Crippen LogP) is 2.89. The van der Waals surface area contributed by atoms with E-state index < -0.39 is 0 Å². The molecule has 1 saturated heterocycles. The lowest BCUT2D eigenvalue weighted by Crippen LogP contribution is -2.32. The second-order valence-electron chi connectivity index (χ2n) is 6.50. The maximum atomic E-state index is 12.9. The third-order valence-electron chi connectivity index (χ3n) is 4.98. The standard InChI is InChI=1S/C18H21N3O/c1-20-12-14(11-19-20)17-8-5-9-21(17)18(22)16-10-15(16)13-6-3-2-4-7-13/h2-4,6-7,11-12,15-17H,5,8-10H2,1H3/t15-,16+,17+/m1/s1. The van der Waals surface area contributed by atoms with Crippen molar-refractivity contribution in [2.75, 3.05) is 6.54 Å². The van der Waals surface area contributed by atoms with Crippen LogP contribution in [0.4, 0.5) is 0 Å². The number of carbonyl (C=O) groups is 1. The zero-order valence-electron chi connectivity index (χ0n) is 12.9. The molecule has 2 heterocycles. The molecule has 22 heavy (non-hydrogen) atoms. The van der Waals surface area contributed by atoms with Gasteiger partial charge in [0.25, 0.3) is 0 Å². The molecule has 0 bridgehead atoms. The number of nitrogens with zero attached hydrogens (tertiary/aromatic N) is 3. The van der Waals surface area contributed by atoms with Crippen molar-refractivity contribution < 1.29 is 4.79 Å². The molecular formula is C18H21N3O. The van der Waals surface area contributed by atoms with Gasteiger partial charge in [-0.25, -0.2) is 0 Å². The van der Waals surface area contributed by atoms with E-state index in [1.54, 1.807) is 0 Å². The third-order valence-corrected chi connectivity index (χ3v) is 4.98. The number of likely N-dealkylation sites (tertiary alicyclic amines) is 1. The van der Waals surface area contributed by atoms with Crippen LogP contribution < -0.4 is 0 Å². The molecule has 3 atom stereocenters. The van der Waals surface area contributed by atoms with E-state index in [1.165, 1.54) is 11.1 Å². The fourth-order valence-corrected chi connectivity index (χ4v) is 3.74. The van der Waals surface area contributed by atoms with Gasteiger partial charge in [0.2, 0.25) is 5.91 Å². The van der Waals surface area contributed by atoms with E-state index in [9.17, 15) is 4.79 Å². The lowest BCUT2D eigenvalue weighted by atomic mass is 10.1. The minimum Gasteiger partial charge on any atom is -0.335 e. The molecule has 0 unspecified atom stereocenters. The molecule has 1 amide bonds. The summed E-state index contributed by atoms with van der Waals surface area (Å²) in [6, 6.07) is 10.6. The Hall–Kier alpha value is -2.10. The van der Waals surface area contributed by atoms with Gasteiger partial charge in [-0.2, -0.15) is 5.10 Å². The monoisotopic (exact) mass is 295 g/mol. The van der Waals surface area contributed by atoms with Crippen molar-refractivity contribution in [1.82, 2.24) is 14.7 Å². The summed E-state index contributed by atoms with van der Waals surface area (Å²) in [7, 11) is 1.93. The Labute approximate surface area is 130 Å². The second-order valence-corrected chi connectivity index (χ2v) is 6.50. The molecule has 0 spiro atoms. The van der Waals surface area contributed by atoms with Crippen molar-refractivity contribution in [3.05, 3.63) is 53.9 Å². The van der Waals surface area contributed by atoms with Gasteiger partial charge in [-0.15, -0.1) is 0 Å². The van der Waals surface area contributed by atoms with Crippen LogP contribution in [-0.4, -0.2) is 27.1 Å². The molecule has 1 aromatic carbocycles. The van der Waals surface area contributed by atoms with Crippen LogP contribution in [0.2, 0.25) is 0 Å². The normalized spacial score (nSPS) is 27.1. The summed E-state index contributed by atoms with van der Waals surface area (Å²) in [4.78, 5) is 15.0. The number of aromatic nitrogens is 2. The Morgan fingerprint density at radius 1 is 1.23 bits per heavy atom. The Bertz CT molecular complexity index is 679. The van der Waals surface area contributed by atoms with E-state index in [4.69, 9.17) is 0 Å². The van der Waals surface area contributed by atoms with E-state index in [0.29, 0.717) is 11.8 Å². The molecule has 4 rings (SSSR count). The van der Waals surface area contributed by atoms with Gasteiger partial charge in [-0.3, -0.25) is 9.48 Å². The molecule has 2 fully saturated rings. The van der Waals surface area contributed by atoms with E-state index >= 15 is 0 Å². The molecule has 1 aromatic heterocycles. The van der Waals surface area contributed by atoms with Gasteiger partial charge in [0, 0.05) is 31.3 Å². The van der Waals surface area contributed by atoms with Crippen LogP contribution in [0.5, 0.6) is 0 Å². The highest BCUT2D eigenvalue weighted by Gasteiger charge is 2.47. The third kappa shape index (κ3) is 2.32. The first-order chi connectivity index (χ1) is 10.7. The Morgan fingerprint density at radius 3 is 2.77 bits per heavy atom. The molecule has 2 aromatic rings. The summed E-state index contributed by atoms with van der Waals surface area (Å²) in [5.41, 5.74) is 2.48. The highest BCUT2D eigenvalue weighted by atomic mass is 16.2. The number of carbonyl (C=O) groups excluding carboxylic acids is 1. The number of rotatable bonds is 3. The van der Waals surface area contributed by atoms with Gasteiger partial charge < -0.3 is 4.90 Å². The predicted molar refractivity (Wildman–Crippen MR) is 84.2 cm³/mol. The van der Waals surface area contributed by atoms with Gasteiger partial charge in [0.1, 0.15) is 0 Å². The molecule has 1 aliphatic heterocycles. The Morgan fingerprint density at radius 2 is 2.05 bits per heavy atom. The van der Waals surface area contributed by atoms with Gasteiger partial charge in [0.15, 0.2) is 0 Å². The first-order valence-corrected chi connectivity index (χ1v) is 8.08. The van der Waals surface area contributed by atoms with Gasteiger partial charge >= 0.3 is 0 Å². The summed E-state index contributed by atoms with van der Waals surface area (Å²) in [6.07, 6.45) is 7.09. The highest BCUT2D eigenvalue weighted by molar-refractivity contribution is 5.83. The average Bonchev–Trinajstić information content (AvgIpc) is 2.98. The highest BCUT2D eigenvalue weighted by Crippen LogP contribution is 2.50. The minimum atomic E-state index is 0.180. The average molecular weight is 295 g/mol. The number of hydrogen-bond donors (Lipinski definition) is 0. The molecule has 0 radical (unpaired) electrons. The summed E-state index contributed by atoms with van der Waals surface area (Å²) in [5, 5.41) is 4.26. The lowest BCUT2D eigenvalue weighted by molar-refractivity contribution is -0.133. The molecular weight excluding hydrogens is 274 g/mol. The van der Waals surface area contributed by atoms with E-state index in [1.807, 2.05) is 30.2 Å². The van der Waals surface area contributed by atoms with E-state index in [-0.39, 0.29) is 12.0 Å². The van der Waals surface area contributed by atoms with Crippen molar-refractivity contribution in [2.24, 2.45) is 13.0 Å². The van der Waals surface area contributed by atoms with Gasteiger partial charge in [-0.05, 0) is 30.7 Å². The van der Waals surface area contributed by atoms with Crippen LogP contribution in [0.3, 0.4) is 0 Å². The molecule has 0 N–H and O–H groups in total. The van der Waals surface area contributed by atoms with E-state index in [0.717, 1.165) is 25.8 Å². The zero-order chi connectivity index (χ0) is 15.1. The van der Waals surface area contributed by atoms with Gasteiger partial charge in [0.05, 0.1) is 12.2 Å². The smallest absolute Gasteiger partial charge is 0.226 e. The fraction of sp³-hybridized carbons (Fsp3) is 0.444. The molecule has 1 aliphatic carbocycles. The van der Waals surface area contributed by atoms with Crippen LogP contribution in [0.15, 0.2) is 42.7 Å². The van der Waals surface area contributed by atoms with Crippen molar-refractivity contribution in [3.63, 3.8) is 0 Å². The Balaban J connectivity index is 1.49. The maximum Gasteiger partial charge on any atom is 0.226 e. The number of aryl methyl sites for hydroxylation is 1. The summed E-state index contributed by atoms with van der Waals surface area (Å²) < 4.78 is 1.82. The quantitative estimate of drug-likeness (QED) is 0.873. The lowest BCUT2D eigenvalue weighted by Gasteiger charge is -2.24. The van der Waals surface area contributed by atoms with Crippen molar-refractivity contribution in [3.8, 4) is 0 Å². The number of hydrogen-bond acceptors (Lipinski definition) is 2. The molecule has 114 valence electrons. The second kappa shape index (κ2) is 5.27. The van der Waals surface area contributed by atoms with Crippen LogP contribution in [-0.2, 0) is 11.8 Å². The topological polar surface area (TPSA) is 38.1 Å². The first kappa shape index (κ1) is 13.6. The number of benzene rings is 1. The van der Waals surface area contributed by atoms with Crippen LogP contribution >= 0.6 is 0 Å². The first-order valence-electron chi connectivity index (χ1n) is 8.08.